The molecule has 0 amide bonds. The Kier molecular flexibility index (Phi) is 4.47. The van der Waals surface area contributed by atoms with Crippen molar-refractivity contribution >= 4 is 5.97 Å². The summed E-state index contributed by atoms with van der Waals surface area (Å²) >= 11 is 0. The molecule has 0 N–H and O–H groups in total. The number of aryl methyl sites for hydroxylation is 1. The van der Waals surface area contributed by atoms with Gasteiger partial charge in [-0.15, -0.1) is 0 Å². The third kappa shape index (κ3) is 3.33. The van der Waals surface area contributed by atoms with E-state index in [0.717, 1.165) is 18.4 Å². The van der Waals surface area contributed by atoms with Crippen LogP contribution in [0.3, 0.4) is 0 Å². The number of carbonyl (C=O) groups excluding carboxylic acids is 1. The molecule has 1 atom stereocenters. The summed E-state index contributed by atoms with van der Waals surface area (Å²) in [5.41, 5.74) is 0.861. The lowest BCUT2D eigenvalue weighted by molar-refractivity contribution is 0.0318. The van der Waals surface area contributed by atoms with Crippen molar-refractivity contribution < 1.29 is 13.9 Å². The molecule has 1 unspecified atom stereocenters. The zero-order valence-electron chi connectivity index (χ0n) is 9.92. The van der Waals surface area contributed by atoms with Gasteiger partial charge in [-0.25, -0.2) is 9.18 Å². The standard InChI is InChI=1S/C13H17FO2/c1-4-5-10(3)16-13(15)11-8-9(2)6-7-12(11)14/h6-8,10H,4-5H2,1-3H3. The van der Waals surface area contributed by atoms with E-state index in [1.54, 1.807) is 6.07 Å². The van der Waals surface area contributed by atoms with Gasteiger partial charge in [-0.1, -0.05) is 25.0 Å². The van der Waals surface area contributed by atoms with Gasteiger partial charge in [-0.05, 0) is 32.4 Å². The third-order valence-electron chi connectivity index (χ3n) is 2.35. The smallest absolute Gasteiger partial charge is 0.341 e. The van der Waals surface area contributed by atoms with Crippen LogP contribution in [0.25, 0.3) is 0 Å². The van der Waals surface area contributed by atoms with E-state index in [9.17, 15) is 9.18 Å². The third-order valence-corrected chi connectivity index (χ3v) is 2.35. The van der Waals surface area contributed by atoms with Gasteiger partial charge < -0.3 is 4.74 Å². The Hall–Kier alpha value is -1.38. The Morgan fingerprint density at radius 1 is 1.50 bits per heavy atom. The highest BCUT2D eigenvalue weighted by Crippen LogP contribution is 2.13. The Bertz CT molecular complexity index is 374. The van der Waals surface area contributed by atoms with Crippen LogP contribution in [0.4, 0.5) is 4.39 Å². The van der Waals surface area contributed by atoms with E-state index >= 15 is 0 Å². The highest BCUT2D eigenvalue weighted by atomic mass is 19.1. The number of rotatable bonds is 4. The second-order valence-corrected chi connectivity index (χ2v) is 3.99. The van der Waals surface area contributed by atoms with E-state index in [4.69, 9.17) is 4.74 Å². The van der Waals surface area contributed by atoms with Crippen LogP contribution in [0.1, 0.15) is 42.6 Å². The van der Waals surface area contributed by atoms with Crippen molar-refractivity contribution in [3.05, 3.63) is 35.1 Å². The van der Waals surface area contributed by atoms with Crippen LogP contribution in [-0.2, 0) is 4.74 Å². The minimum Gasteiger partial charge on any atom is -0.459 e. The molecule has 16 heavy (non-hydrogen) atoms. The fourth-order valence-corrected chi connectivity index (χ4v) is 1.51. The van der Waals surface area contributed by atoms with Crippen molar-refractivity contribution in [1.82, 2.24) is 0 Å². The summed E-state index contributed by atoms with van der Waals surface area (Å²) in [6.45, 7) is 5.64. The first kappa shape index (κ1) is 12.7. The monoisotopic (exact) mass is 224 g/mol. The topological polar surface area (TPSA) is 26.3 Å². The summed E-state index contributed by atoms with van der Waals surface area (Å²) in [4.78, 5) is 11.6. The van der Waals surface area contributed by atoms with Gasteiger partial charge in [-0.3, -0.25) is 0 Å². The zero-order valence-corrected chi connectivity index (χ0v) is 9.92. The second kappa shape index (κ2) is 5.64. The van der Waals surface area contributed by atoms with Gasteiger partial charge in [0.1, 0.15) is 5.82 Å². The average molecular weight is 224 g/mol. The molecule has 0 heterocycles. The van der Waals surface area contributed by atoms with E-state index in [-0.39, 0.29) is 11.7 Å². The summed E-state index contributed by atoms with van der Waals surface area (Å²) in [5.74, 6) is -1.11. The molecule has 0 saturated carbocycles. The molecule has 0 spiro atoms. The highest BCUT2D eigenvalue weighted by molar-refractivity contribution is 5.90. The molecule has 2 nitrogen and oxygen atoms in total. The van der Waals surface area contributed by atoms with Gasteiger partial charge in [0.2, 0.25) is 0 Å². The Balaban J connectivity index is 2.76. The highest BCUT2D eigenvalue weighted by Gasteiger charge is 2.15. The molecule has 0 aromatic heterocycles. The largest absolute Gasteiger partial charge is 0.459 e. The molecule has 0 saturated heterocycles. The maximum atomic E-state index is 13.4. The lowest BCUT2D eigenvalue weighted by atomic mass is 10.1. The Morgan fingerprint density at radius 3 is 2.81 bits per heavy atom. The van der Waals surface area contributed by atoms with E-state index in [1.807, 2.05) is 20.8 Å². The van der Waals surface area contributed by atoms with Crippen molar-refractivity contribution in [3.8, 4) is 0 Å². The van der Waals surface area contributed by atoms with E-state index in [1.165, 1.54) is 12.1 Å². The van der Waals surface area contributed by atoms with Crippen LogP contribution in [0, 0.1) is 12.7 Å². The summed E-state index contributed by atoms with van der Waals surface area (Å²) < 4.78 is 18.5. The summed E-state index contributed by atoms with van der Waals surface area (Å²) in [5, 5.41) is 0. The molecular formula is C13H17FO2. The van der Waals surface area contributed by atoms with E-state index in [2.05, 4.69) is 0 Å². The number of hydrogen-bond acceptors (Lipinski definition) is 2. The molecule has 1 aromatic rings. The Morgan fingerprint density at radius 2 is 2.19 bits per heavy atom. The molecule has 88 valence electrons. The zero-order chi connectivity index (χ0) is 12.1. The van der Waals surface area contributed by atoms with Crippen molar-refractivity contribution in [3.63, 3.8) is 0 Å². The minimum absolute atomic E-state index is 0.0166. The molecule has 0 aliphatic heterocycles. The van der Waals surface area contributed by atoms with Gasteiger partial charge in [0, 0.05) is 0 Å². The minimum atomic E-state index is -0.581. The average Bonchev–Trinajstić information content (AvgIpc) is 2.21. The summed E-state index contributed by atoms with van der Waals surface area (Å²) in [6, 6.07) is 4.42. The van der Waals surface area contributed by atoms with Crippen LogP contribution < -0.4 is 0 Å². The maximum absolute atomic E-state index is 13.4. The first-order valence-corrected chi connectivity index (χ1v) is 5.51. The first-order valence-electron chi connectivity index (χ1n) is 5.51. The van der Waals surface area contributed by atoms with Crippen molar-refractivity contribution in [2.75, 3.05) is 0 Å². The number of benzene rings is 1. The number of halogens is 1. The number of ether oxygens (including phenoxy) is 1. The maximum Gasteiger partial charge on any atom is 0.341 e. The fraction of sp³-hybridized carbons (Fsp3) is 0.462. The summed E-state index contributed by atoms with van der Waals surface area (Å²) in [7, 11) is 0. The second-order valence-electron chi connectivity index (χ2n) is 3.99. The predicted molar refractivity (Wildman–Crippen MR) is 60.9 cm³/mol. The summed E-state index contributed by atoms with van der Waals surface area (Å²) in [6.07, 6.45) is 1.56. The van der Waals surface area contributed by atoms with E-state index < -0.39 is 11.8 Å². The number of esters is 1. The lowest BCUT2D eigenvalue weighted by Gasteiger charge is -2.12. The van der Waals surface area contributed by atoms with Crippen molar-refractivity contribution in [2.24, 2.45) is 0 Å². The molecule has 3 heteroatoms. The molecule has 0 bridgehead atoms. The van der Waals surface area contributed by atoms with Crippen LogP contribution in [0.5, 0.6) is 0 Å². The van der Waals surface area contributed by atoms with Gasteiger partial charge in [0.05, 0.1) is 11.7 Å². The molecule has 0 fully saturated rings. The molecule has 0 aliphatic carbocycles. The quantitative estimate of drug-likeness (QED) is 0.732. The fourth-order valence-electron chi connectivity index (χ4n) is 1.51. The number of carbonyl (C=O) groups is 1. The Labute approximate surface area is 95.4 Å². The SMILES string of the molecule is CCCC(C)OC(=O)c1cc(C)ccc1F. The lowest BCUT2D eigenvalue weighted by Crippen LogP contribution is -2.16. The molecule has 1 rings (SSSR count). The van der Waals surface area contributed by atoms with Gasteiger partial charge in [0.25, 0.3) is 0 Å². The van der Waals surface area contributed by atoms with Crippen LogP contribution in [0.15, 0.2) is 18.2 Å². The van der Waals surface area contributed by atoms with Crippen LogP contribution in [0.2, 0.25) is 0 Å². The van der Waals surface area contributed by atoms with Gasteiger partial charge >= 0.3 is 5.97 Å². The van der Waals surface area contributed by atoms with Crippen molar-refractivity contribution in [1.29, 1.82) is 0 Å². The normalized spacial score (nSPS) is 12.2. The molecule has 0 aliphatic rings. The van der Waals surface area contributed by atoms with Crippen LogP contribution >= 0.6 is 0 Å². The van der Waals surface area contributed by atoms with Crippen molar-refractivity contribution in [2.45, 2.75) is 39.7 Å². The van der Waals surface area contributed by atoms with Crippen LogP contribution in [-0.4, -0.2) is 12.1 Å². The first-order chi connectivity index (χ1) is 7.54. The number of hydrogen-bond donors (Lipinski definition) is 0. The van der Waals surface area contributed by atoms with E-state index in [0.29, 0.717) is 0 Å². The van der Waals surface area contributed by atoms with Gasteiger partial charge in [0.15, 0.2) is 0 Å². The van der Waals surface area contributed by atoms with Gasteiger partial charge in [-0.2, -0.15) is 0 Å². The molecule has 1 aromatic carbocycles. The molecule has 0 radical (unpaired) electrons. The molecular weight excluding hydrogens is 207 g/mol. The predicted octanol–water partition coefficient (Wildman–Crippen LogP) is 3.48.